The summed E-state index contributed by atoms with van der Waals surface area (Å²) in [6, 6.07) is 4.51. The number of hydrogen-bond donors (Lipinski definition) is 0. The first kappa shape index (κ1) is 15.9. The zero-order chi connectivity index (χ0) is 14.6. The van der Waals surface area contributed by atoms with E-state index in [0.717, 1.165) is 0 Å². The molecule has 0 radical (unpaired) electrons. The summed E-state index contributed by atoms with van der Waals surface area (Å²) in [5.74, 6) is 0. The third kappa shape index (κ3) is 5.56. The van der Waals surface area contributed by atoms with Crippen molar-refractivity contribution in [3.05, 3.63) is 38.3 Å². The van der Waals surface area contributed by atoms with Crippen LogP contribution >= 0.6 is 15.9 Å². The molecular formula is C11H12BrF3N2O2. The molecule has 1 rings (SSSR count). The van der Waals surface area contributed by atoms with E-state index in [4.69, 9.17) is 0 Å². The molecule has 1 aromatic carbocycles. The van der Waals surface area contributed by atoms with Crippen molar-refractivity contribution in [2.24, 2.45) is 0 Å². The summed E-state index contributed by atoms with van der Waals surface area (Å²) in [5.41, 5.74) is 0.501. The van der Waals surface area contributed by atoms with Crippen LogP contribution in [0.5, 0.6) is 0 Å². The molecular weight excluding hydrogens is 329 g/mol. The van der Waals surface area contributed by atoms with Gasteiger partial charge in [0.2, 0.25) is 0 Å². The van der Waals surface area contributed by atoms with E-state index < -0.39 is 17.5 Å². The summed E-state index contributed by atoms with van der Waals surface area (Å²) >= 11 is 3.05. The third-order valence-electron chi connectivity index (χ3n) is 2.44. The van der Waals surface area contributed by atoms with Gasteiger partial charge in [-0.25, -0.2) is 0 Å². The number of rotatable bonds is 5. The predicted molar refractivity (Wildman–Crippen MR) is 67.8 cm³/mol. The van der Waals surface area contributed by atoms with Gasteiger partial charge in [0, 0.05) is 19.2 Å². The molecule has 0 aliphatic heterocycles. The Morgan fingerprint density at radius 3 is 2.58 bits per heavy atom. The Morgan fingerprint density at radius 1 is 1.42 bits per heavy atom. The quantitative estimate of drug-likeness (QED) is 0.605. The fourth-order valence-corrected chi connectivity index (χ4v) is 1.90. The smallest absolute Gasteiger partial charge is 0.302 e. The maximum atomic E-state index is 12.1. The number of alkyl halides is 3. The van der Waals surface area contributed by atoms with Gasteiger partial charge < -0.3 is 4.90 Å². The Labute approximate surface area is 116 Å². The molecule has 0 atom stereocenters. The van der Waals surface area contributed by atoms with Crippen LogP contribution in [-0.2, 0) is 6.54 Å². The lowest BCUT2D eigenvalue weighted by molar-refractivity contribution is -0.385. The molecule has 19 heavy (non-hydrogen) atoms. The molecule has 0 aromatic heterocycles. The topological polar surface area (TPSA) is 46.4 Å². The summed E-state index contributed by atoms with van der Waals surface area (Å²) in [6.07, 6.45) is -5.10. The van der Waals surface area contributed by atoms with Gasteiger partial charge in [0.15, 0.2) is 0 Å². The van der Waals surface area contributed by atoms with Crippen molar-refractivity contribution in [3.8, 4) is 0 Å². The van der Waals surface area contributed by atoms with Crippen LogP contribution in [-0.4, -0.2) is 29.6 Å². The summed E-state index contributed by atoms with van der Waals surface area (Å²) in [4.78, 5) is 11.7. The van der Waals surface area contributed by atoms with Crippen LogP contribution in [0.2, 0.25) is 0 Å². The van der Waals surface area contributed by atoms with Crippen molar-refractivity contribution in [1.29, 1.82) is 0 Å². The molecule has 0 spiro atoms. The molecule has 0 aliphatic rings. The van der Waals surface area contributed by atoms with Crippen LogP contribution in [0.1, 0.15) is 12.0 Å². The molecule has 106 valence electrons. The summed E-state index contributed by atoms with van der Waals surface area (Å²) in [7, 11) is 1.54. The van der Waals surface area contributed by atoms with Crippen LogP contribution in [0.15, 0.2) is 22.7 Å². The number of halogens is 4. The Hall–Kier alpha value is -1.15. The SMILES string of the molecule is CN(CCC(F)(F)F)Cc1ccc(Br)c([N+](=O)[O-])c1. The average molecular weight is 341 g/mol. The van der Waals surface area contributed by atoms with E-state index in [1.54, 1.807) is 13.1 Å². The van der Waals surface area contributed by atoms with Gasteiger partial charge in [-0.3, -0.25) is 10.1 Å². The van der Waals surface area contributed by atoms with Crippen molar-refractivity contribution >= 4 is 21.6 Å². The number of nitrogens with zero attached hydrogens (tertiary/aromatic N) is 2. The van der Waals surface area contributed by atoms with Gasteiger partial charge in [0.05, 0.1) is 15.8 Å². The van der Waals surface area contributed by atoms with E-state index in [9.17, 15) is 23.3 Å². The summed E-state index contributed by atoms with van der Waals surface area (Å²) < 4.78 is 36.5. The molecule has 0 aliphatic carbocycles. The molecule has 0 saturated carbocycles. The van der Waals surface area contributed by atoms with Gasteiger partial charge in [-0.2, -0.15) is 13.2 Å². The standard InChI is InChI=1S/C11H12BrF3N2O2/c1-16(5-4-11(13,14)15)7-8-2-3-9(12)10(6-8)17(18)19/h2-3,6H,4-5,7H2,1H3. The van der Waals surface area contributed by atoms with Gasteiger partial charge >= 0.3 is 6.18 Å². The minimum Gasteiger partial charge on any atom is -0.302 e. The maximum Gasteiger partial charge on any atom is 0.390 e. The fourth-order valence-electron chi connectivity index (χ4n) is 1.50. The van der Waals surface area contributed by atoms with Gasteiger partial charge in [-0.05, 0) is 34.6 Å². The molecule has 0 N–H and O–H groups in total. The van der Waals surface area contributed by atoms with E-state index in [0.29, 0.717) is 10.0 Å². The highest BCUT2D eigenvalue weighted by Crippen LogP contribution is 2.26. The molecule has 0 heterocycles. The van der Waals surface area contributed by atoms with Crippen LogP contribution in [0.4, 0.5) is 18.9 Å². The monoisotopic (exact) mass is 340 g/mol. The number of hydrogen-bond acceptors (Lipinski definition) is 3. The molecule has 1 aromatic rings. The van der Waals surface area contributed by atoms with Crippen molar-refractivity contribution < 1.29 is 18.1 Å². The van der Waals surface area contributed by atoms with Crippen LogP contribution in [0.25, 0.3) is 0 Å². The van der Waals surface area contributed by atoms with Gasteiger partial charge in [0.1, 0.15) is 0 Å². The second kappa shape index (κ2) is 6.33. The van der Waals surface area contributed by atoms with Crippen LogP contribution in [0.3, 0.4) is 0 Å². The molecule has 0 saturated heterocycles. The van der Waals surface area contributed by atoms with Gasteiger partial charge in [-0.15, -0.1) is 0 Å². The maximum absolute atomic E-state index is 12.1. The molecule has 8 heteroatoms. The lowest BCUT2D eigenvalue weighted by Crippen LogP contribution is -2.24. The first-order valence-corrected chi connectivity index (χ1v) is 6.16. The second-order valence-electron chi connectivity index (χ2n) is 4.15. The van der Waals surface area contributed by atoms with E-state index >= 15 is 0 Å². The molecule has 0 bridgehead atoms. The van der Waals surface area contributed by atoms with Gasteiger partial charge in [0.25, 0.3) is 5.69 Å². The lowest BCUT2D eigenvalue weighted by Gasteiger charge is -2.17. The van der Waals surface area contributed by atoms with E-state index in [2.05, 4.69) is 15.9 Å². The van der Waals surface area contributed by atoms with Crippen molar-refractivity contribution in [2.75, 3.05) is 13.6 Å². The third-order valence-corrected chi connectivity index (χ3v) is 3.11. The minimum atomic E-state index is -4.19. The zero-order valence-corrected chi connectivity index (χ0v) is 11.7. The highest BCUT2D eigenvalue weighted by atomic mass is 79.9. The van der Waals surface area contributed by atoms with Crippen molar-refractivity contribution in [2.45, 2.75) is 19.1 Å². The van der Waals surface area contributed by atoms with Crippen molar-refractivity contribution in [3.63, 3.8) is 0 Å². The number of benzene rings is 1. The second-order valence-corrected chi connectivity index (χ2v) is 5.00. The lowest BCUT2D eigenvalue weighted by atomic mass is 10.2. The van der Waals surface area contributed by atoms with E-state index in [1.165, 1.54) is 17.0 Å². The summed E-state index contributed by atoms with van der Waals surface area (Å²) in [6.45, 7) is 0.0809. The zero-order valence-electron chi connectivity index (χ0n) is 10.1. The fraction of sp³-hybridized carbons (Fsp3) is 0.455. The molecule has 0 unspecified atom stereocenters. The first-order valence-electron chi connectivity index (χ1n) is 5.37. The van der Waals surface area contributed by atoms with Crippen molar-refractivity contribution in [1.82, 2.24) is 4.90 Å². The highest BCUT2D eigenvalue weighted by Gasteiger charge is 2.27. The predicted octanol–water partition coefficient (Wildman–Crippen LogP) is 3.74. The Kier molecular flexibility index (Phi) is 5.30. The molecule has 0 amide bonds. The first-order chi connectivity index (χ1) is 8.69. The van der Waals surface area contributed by atoms with Crippen LogP contribution < -0.4 is 0 Å². The van der Waals surface area contributed by atoms with Crippen LogP contribution in [0, 0.1) is 10.1 Å². The Morgan fingerprint density at radius 2 is 2.05 bits per heavy atom. The highest BCUT2D eigenvalue weighted by molar-refractivity contribution is 9.10. The minimum absolute atomic E-state index is 0.0956. The molecule has 0 fully saturated rings. The number of nitro groups is 1. The summed E-state index contributed by atoms with van der Waals surface area (Å²) in [5, 5.41) is 10.7. The van der Waals surface area contributed by atoms with Gasteiger partial charge in [-0.1, -0.05) is 6.07 Å². The Bertz CT molecular complexity index is 466. The largest absolute Gasteiger partial charge is 0.390 e. The van der Waals surface area contributed by atoms with E-state index in [-0.39, 0.29) is 18.8 Å². The number of nitro benzene ring substituents is 1. The van der Waals surface area contributed by atoms with E-state index in [1.807, 2.05) is 0 Å². The Balaban J connectivity index is 2.67. The normalized spacial score (nSPS) is 11.9. The molecule has 4 nitrogen and oxygen atoms in total. The average Bonchev–Trinajstić information content (AvgIpc) is 2.28.